The van der Waals surface area contributed by atoms with Crippen LogP contribution in [0.25, 0.3) is 22.7 Å². The van der Waals surface area contributed by atoms with Gasteiger partial charge in [0.15, 0.2) is 0 Å². The SMILES string of the molecule is N#Cc1cccc(C2N=C(c3ccccc3)NC(c3cccc(-n4c5c(c6ccccc64)C=C4C6=C(CCC=C6)N(c6ccccc6)C4C5)c3)N2)c1. The molecule has 2 aliphatic carbocycles. The number of rotatable bonds is 5. The van der Waals surface area contributed by atoms with Crippen molar-refractivity contribution in [2.45, 2.75) is 37.6 Å². The van der Waals surface area contributed by atoms with Crippen molar-refractivity contribution in [2.24, 2.45) is 4.99 Å². The number of hydrogen-bond acceptors (Lipinski definition) is 5. The summed E-state index contributed by atoms with van der Waals surface area (Å²) in [7, 11) is 0. The number of anilines is 1. The van der Waals surface area contributed by atoms with Gasteiger partial charge in [0.1, 0.15) is 18.2 Å². The fourth-order valence-electron chi connectivity index (χ4n) is 8.55. The normalized spacial score (nSPS) is 20.4. The second kappa shape index (κ2) is 12.4. The molecule has 4 aliphatic rings. The molecule has 6 aromatic rings. The van der Waals surface area contributed by atoms with Gasteiger partial charge in [0.05, 0.1) is 23.2 Å². The van der Waals surface area contributed by atoms with Gasteiger partial charge in [-0.2, -0.15) is 5.26 Å². The number of nitriles is 1. The first-order valence-electron chi connectivity index (χ1n) is 18.1. The fourth-order valence-corrected chi connectivity index (χ4v) is 8.55. The van der Waals surface area contributed by atoms with Crippen LogP contribution in [-0.2, 0) is 6.42 Å². The number of aliphatic imine (C=N–C) groups is 1. The van der Waals surface area contributed by atoms with Crippen LogP contribution in [0, 0.1) is 11.3 Å². The highest BCUT2D eigenvalue weighted by Crippen LogP contribution is 2.48. The van der Waals surface area contributed by atoms with E-state index >= 15 is 0 Å². The minimum Gasteiger partial charge on any atom is -0.350 e. The van der Waals surface area contributed by atoms with Gasteiger partial charge < -0.3 is 14.8 Å². The predicted molar refractivity (Wildman–Crippen MR) is 209 cm³/mol. The van der Waals surface area contributed by atoms with Crippen LogP contribution in [0.5, 0.6) is 0 Å². The number of aromatic nitrogens is 1. The van der Waals surface area contributed by atoms with Crippen LogP contribution in [-0.4, -0.2) is 16.4 Å². The Bertz CT molecular complexity index is 2530. The molecule has 0 fully saturated rings. The molecule has 52 heavy (non-hydrogen) atoms. The minimum absolute atomic E-state index is 0.223. The zero-order valence-electron chi connectivity index (χ0n) is 28.6. The van der Waals surface area contributed by atoms with E-state index in [4.69, 9.17) is 4.99 Å². The molecule has 3 unspecified atom stereocenters. The van der Waals surface area contributed by atoms with Crippen LogP contribution in [0.4, 0.5) is 5.69 Å². The largest absolute Gasteiger partial charge is 0.350 e. The van der Waals surface area contributed by atoms with E-state index in [0.29, 0.717) is 5.56 Å². The zero-order valence-corrected chi connectivity index (χ0v) is 28.6. The summed E-state index contributed by atoms with van der Waals surface area (Å²) in [5, 5.41) is 18.4. The van der Waals surface area contributed by atoms with Crippen LogP contribution >= 0.6 is 0 Å². The van der Waals surface area contributed by atoms with Crippen LogP contribution < -0.4 is 15.5 Å². The third-order valence-electron chi connectivity index (χ3n) is 10.9. The Kier molecular flexibility index (Phi) is 7.26. The van der Waals surface area contributed by atoms with Gasteiger partial charge in [-0.25, -0.2) is 4.99 Å². The lowest BCUT2D eigenvalue weighted by atomic mass is 9.88. The highest BCUT2D eigenvalue weighted by Gasteiger charge is 2.40. The molecule has 0 radical (unpaired) electrons. The Labute approximate surface area is 303 Å². The van der Waals surface area contributed by atoms with E-state index in [1.54, 1.807) is 0 Å². The molecule has 250 valence electrons. The third kappa shape index (κ3) is 5.01. The van der Waals surface area contributed by atoms with E-state index in [0.717, 1.165) is 47.5 Å². The Morgan fingerprint density at radius 2 is 1.54 bits per heavy atom. The standard InChI is InChI=1S/C46H36N6/c47-29-30-13-11-16-32(25-30)45-48-44(31-14-3-1-4-15-31)49-46(50-45)33-17-12-20-35(26-33)52-41-24-10-8-22-37(41)39-27-38-36-21-7-9-23-40(36)51(42(38)28-43(39)52)34-18-5-2-6-19-34/h1-8,10-22,24-27,42,45-46,50H,9,23,28H2,(H,48,49). The fraction of sp³-hybridized carbons (Fsp3) is 0.130. The van der Waals surface area contributed by atoms with Crippen molar-refractivity contribution in [3.63, 3.8) is 0 Å². The van der Waals surface area contributed by atoms with Gasteiger partial charge in [-0.1, -0.05) is 103 Å². The van der Waals surface area contributed by atoms with Crippen molar-refractivity contribution < 1.29 is 0 Å². The van der Waals surface area contributed by atoms with Crippen LogP contribution in [0.15, 0.2) is 167 Å². The third-order valence-corrected chi connectivity index (χ3v) is 10.9. The average molecular weight is 673 g/mol. The predicted octanol–water partition coefficient (Wildman–Crippen LogP) is 9.27. The van der Waals surface area contributed by atoms with E-state index in [-0.39, 0.29) is 18.4 Å². The molecule has 3 heterocycles. The maximum absolute atomic E-state index is 9.65. The van der Waals surface area contributed by atoms with Crippen molar-refractivity contribution in [3.8, 4) is 11.8 Å². The first-order valence-corrected chi connectivity index (χ1v) is 18.1. The summed E-state index contributed by atoms with van der Waals surface area (Å²) in [5.41, 5.74) is 14.2. The van der Waals surface area contributed by atoms with Gasteiger partial charge in [-0.3, -0.25) is 5.32 Å². The van der Waals surface area contributed by atoms with Crippen molar-refractivity contribution >= 4 is 28.5 Å². The smallest absolute Gasteiger partial charge is 0.131 e. The molecular weight excluding hydrogens is 637 g/mol. The minimum atomic E-state index is -0.332. The van der Waals surface area contributed by atoms with Gasteiger partial charge in [-0.15, -0.1) is 0 Å². The number of allylic oxidation sites excluding steroid dienone is 3. The summed E-state index contributed by atoms with van der Waals surface area (Å²) in [6.07, 6.45) is 9.64. The van der Waals surface area contributed by atoms with Gasteiger partial charge in [0, 0.05) is 45.7 Å². The molecule has 5 aromatic carbocycles. The molecule has 3 atom stereocenters. The Balaban J connectivity index is 1.08. The zero-order chi connectivity index (χ0) is 34.6. The molecule has 2 N–H and O–H groups in total. The monoisotopic (exact) mass is 672 g/mol. The molecule has 0 amide bonds. The summed E-state index contributed by atoms with van der Waals surface area (Å²) < 4.78 is 2.49. The number of fused-ring (bicyclic) bond motifs is 5. The number of hydrogen-bond donors (Lipinski definition) is 2. The molecule has 0 bridgehead atoms. The van der Waals surface area contributed by atoms with Gasteiger partial charge in [0.2, 0.25) is 0 Å². The summed E-state index contributed by atoms with van der Waals surface area (Å²) >= 11 is 0. The molecule has 6 heteroatoms. The summed E-state index contributed by atoms with van der Waals surface area (Å²) in [6.45, 7) is 0. The van der Waals surface area contributed by atoms with Gasteiger partial charge >= 0.3 is 0 Å². The van der Waals surface area contributed by atoms with Crippen molar-refractivity contribution in [1.29, 1.82) is 5.26 Å². The molecule has 0 saturated carbocycles. The lowest BCUT2D eigenvalue weighted by molar-refractivity contribution is 0.409. The molecular formula is C46H36N6. The van der Waals surface area contributed by atoms with E-state index in [2.05, 4.69) is 135 Å². The highest BCUT2D eigenvalue weighted by atomic mass is 15.3. The molecule has 6 nitrogen and oxygen atoms in total. The molecule has 10 rings (SSSR count). The second-order valence-electron chi connectivity index (χ2n) is 13.9. The Hall–Kier alpha value is -6.42. The maximum atomic E-state index is 9.65. The Morgan fingerprint density at radius 3 is 2.40 bits per heavy atom. The first-order chi connectivity index (χ1) is 25.7. The van der Waals surface area contributed by atoms with E-state index in [9.17, 15) is 5.26 Å². The van der Waals surface area contributed by atoms with E-state index in [1.165, 1.54) is 44.7 Å². The molecule has 0 spiro atoms. The Morgan fingerprint density at radius 1 is 0.769 bits per heavy atom. The van der Waals surface area contributed by atoms with Crippen molar-refractivity contribution in [2.75, 3.05) is 4.90 Å². The summed E-state index contributed by atoms with van der Waals surface area (Å²) in [5.74, 6) is 0.816. The summed E-state index contributed by atoms with van der Waals surface area (Å²) in [6, 6.07) is 49.1. The number of para-hydroxylation sites is 2. The van der Waals surface area contributed by atoms with Crippen molar-refractivity contribution in [1.82, 2.24) is 15.2 Å². The number of amidine groups is 1. The lowest BCUT2D eigenvalue weighted by Gasteiger charge is -2.33. The molecule has 0 saturated heterocycles. The molecule has 1 aromatic heterocycles. The lowest BCUT2D eigenvalue weighted by Crippen LogP contribution is -2.45. The second-order valence-corrected chi connectivity index (χ2v) is 13.9. The topological polar surface area (TPSA) is 68.4 Å². The number of nitrogens with one attached hydrogen (secondary N) is 2. The highest BCUT2D eigenvalue weighted by molar-refractivity contribution is 5.99. The van der Waals surface area contributed by atoms with Gasteiger partial charge in [-0.05, 0) is 83.7 Å². The number of benzene rings is 5. The first kappa shape index (κ1) is 30.4. The molecule has 2 aliphatic heterocycles. The number of nitrogens with zero attached hydrogens (tertiary/aromatic N) is 4. The summed E-state index contributed by atoms with van der Waals surface area (Å²) in [4.78, 5) is 7.70. The van der Waals surface area contributed by atoms with E-state index in [1.807, 2.05) is 42.5 Å². The quantitative estimate of drug-likeness (QED) is 0.192. The van der Waals surface area contributed by atoms with Crippen molar-refractivity contribution in [3.05, 3.63) is 196 Å². The van der Waals surface area contributed by atoms with Crippen LogP contribution in [0.3, 0.4) is 0 Å². The average Bonchev–Trinajstić information content (AvgIpc) is 3.72. The van der Waals surface area contributed by atoms with Crippen LogP contribution in [0.2, 0.25) is 0 Å². The van der Waals surface area contributed by atoms with Gasteiger partial charge in [0.25, 0.3) is 0 Å². The maximum Gasteiger partial charge on any atom is 0.131 e. The van der Waals surface area contributed by atoms with E-state index < -0.39 is 0 Å². The van der Waals surface area contributed by atoms with Crippen LogP contribution in [0.1, 0.15) is 58.7 Å².